The van der Waals surface area contributed by atoms with Gasteiger partial charge >= 0.3 is 5.97 Å². The van der Waals surface area contributed by atoms with E-state index < -0.39 is 5.97 Å². The number of hydrogen-bond acceptors (Lipinski definition) is 5. The molecule has 0 aliphatic rings. The quantitative estimate of drug-likeness (QED) is 0.456. The molecule has 19 heavy (non-hydrogen) atoms. The number of anilines is 1. The number of carbonyl (C=O) groups is 2. The molecule has 0 aliphatic heterocycles. The summed E-state index contributed by atoms with van der Waals surface area (Å²) in [5.41, 5.74) is 0.404. The molecule has 1 aromatic rings. The number of carbonyl (C=O) groups excluding carboxylic acids is 2. The first kappa shape index (κ1) is 15.4. The van der Waals surface area contributed by atoms with Crippen LogP contribution in [0, 0.1) is 6.92 Å². The van der Waals surface area contributed by atoms with Crippen LogP contribution in [0.25, 0.3) is 0 Å². The van der Waals surface area contributed by atoms with Crippen LogP contribution in [0.2, 0.25) is 0 Å². The molecule has 0 aromatic carbocycles. The van der Waals surface area contributed by atoms with Crippen LogP contribution >= 0.6 is 11.3 Å². The van der Waals surface area contributed by atoms with Crippen molar-refractivity contribution in [3.63, 3.8) is 0 Å². The Morgan fingerprint density at radius 1 is 1.53 bits per heavy atom. The predicted octanol–water partition coefficient (Wildman–Crippen LogP) is 1.95. The number of amides is 1. The van der Waals surface area contributed by atoms with E-state index in [0.29, 0.717) is 23.7 Å². The summed E-state index contributed by atoms with van der Waals surface area (Å²) in [7, 11) is 0. The zero-order valence-electron chi connectivity index (χ0n) is 11.1. The highest BCUT2D eigenvalue weighted by Crippen LogP contribution is 2.28. The number of ether oxygens (including phenoxy) is 1. The molecule has 6 heteroatoms. The lowest BCUT2D eigenvalue weighted by atomic mass is 10.3. The fourth-order valence-corrected chi connectivity index (χ4v) is 2.34. The summed E-state index contributed by atoms with van der Waals surface area (Å²) >= 11 is 1.36. The fraction of sp³-hybridized carbons (Fsp3) is 0.385. The van der Waals surface area contributed by atoms with Crippen LogP contribution in [-0.4, -0.2) is 31.6 Å². The molecule has 0 fully saturated rings. The van der Waals surface area contributed by atoms with Gasteiger partial charge in [0.1, 0.15) is 5.00 Å². The van der Waals surface area contributed by atoms with Crippen LogP contribution in [0.1, 0.15) is 22.2 Å². The summed E-state index contributed by atoms with van der Waals surface area (Å²) < 4.78 is 4.95. The molecule has 2 N–H and O–H groups in total. The van der Waals surface area contributed by atoms with E-state index in [2.05, 4.69) is 17.2 Å². The zero-order chi connectivity index (χ0) is 14.3. The standard InChI is InChI=1S/C13H18N2O3S/c1-4-6-14-8-11(16)15-12-10(7-9(3)19-12)13(17)18-5-2/h4,7,14H,1,5-6,8H2,2-3H3,(H,15,16). The molecule has 1 aromatic heterocycles. The molecule has 1 amide bonds. The van der Waals surface area contributed by atoms with E-state index in [1.807, 2.05) is 6.92 Å². The van der Waals surface area contributed by atoms with E-state index in [-0.39, 0.29) is 12.5 Å². The summed E-state index contributed by atoms with van der Waals surface area (Å²) in [6.07, 6.45) is 1.67. The minimum absolute atomic E-state index is 0.172. The van der Waals surface area contributed by atoms with E-state index in [4.69, 9.17) is 4.74 Å². The normalized spacial score (nSPS) is 10.0. The van der Waals surface area contributed by atoms with E-state index in [9.17, 15) is 9.59 Å². The fourth-order valence-electron chi connectivity index (χ4n) is 1.43. The summed E-state index contributed by atoms with van der Waals surface area (Å²) in [6, 6.07) is 1.72. The van der Waals surface area contributed by atoms with E-state index in [1.165, 1.54) is 11.3 Å². The largest absolute Gasteiger partial charge is 0.462 e. The average Bonchev–Trinajstić information content (AvgIpc) is 2.71. The first-order chi connectivity index (χ1) is 9.08. The maximum Gasteiger partial charge on any atom is 0.341 e. The third-order valence-electron chi connectivity index (χ3n) is 2.18. The molecule has 0 aliphatic carbocycles. The summed E-state index contributed by atoms with van der Waals surface area (Å²) in [5.74, 6) is -0.615. The molecule has 1 rings (SSSR count). The maximum absolute atomic E-state index is 11.7. The Labute approximate surface area is 116 Å². The molecule has 0 radical (unpaired) electrons. The van der Waals surface area contributed by atoms with Crippen molar-refractivity contribution in [3.8, 4) is 0 Å². The molecule has 104 valence electrons. The summed E-state index contributed by atoms with van der Waals surface area (Å²) in [4.78, 5) is 24.3. The van der Waals surface area contributed by atoms with Gasteiger partial charge in [-0.05, 0) is 19.9 Å². The van der Waals surface area contributed by atoms with Crippen molar-refractivity contribution < 1.29 is 14.3 Å². The van der Waals surface area contributed by atoms with Crippen LogP contribution in [0.4, 0.5) is 5.00 Å². The number of rotatable bonds is 7. The number of thiophene rings is 1. The van der Waals surface area contributed by atoms with Crippen LogP contribution < -0.4 is 10.6 Å². The van der Waals surface area contributed by atoms with Crippen LogP contribution in [0.3, 0.4) is 0 Å². The van der Waals surface area contributed by atoms with Crippen molar-refractivity contribution in [1.82, 2.24) is 5.32 Å². The Morgan fingerprint density at radius 2 is 2.26 bits per heavy atom. The Kier molecular flexibility index (Phi) is 6.24. The van der Waals surface area contributed by atoms with Gasteiger partial charge in [0.2, 0.25) is 5.91 Å². The minimum atomic E-state index is -0.416. The Hall–Kier alpha value is -1.66. The molecule has 0 saturated heterocycles. The molecule has 1 heterocycles. The van der Waals surface area contributed by atoms with Gasteiger partial charge in [-0.1, -0.05) is 6.08 Å². The molecule has 0 bridgehead atoms. The van der Waals surface area contributed by atoms with Gasteiger partial charge in [0, 0.05) is 11.4 Å². The summed E-state index contributed by atoms with van der Waals surface area (Å²) in [5, 5.41) is 6.13. The highest BCUT2D eigenvalue weighted by Gasteiger charge is 2.17. The van der Waals surface area contributed by atoms with Crippen molar-refractivity contribution >= 4 is 28.2 Å². The van der Waals surface area contributed by atoms with Crippen LogP contribution in [0.15, 0.2) is 18.7 Å². The molecule has 0 atom stereocenters. The van der Waals surface area contributed by atoms with Crippen molar-refractivity contribution in [2.75, 3.05) is 25.0 Å². The van der Waals surface area contributed by atoms with Crippen LogP contribution in [0.5, 0.6) is 0 Å². The first-order valence-electron chi connectivity index (χ1n) is 5.97. The van der Waals surface area contributed by atoms with Gasteiger partial charge in [0.15, 0.2) is 0 Å². The zero-order valence-corrected chi connectivity index (χ0v) is 11.9. The molecular weight excluding hydrogens is 264 g/mol. The molecule has 0 unspecified atom stereocenters. The van der Waals surface area contributed by atoms with Gasteiger partial charge in [-0.25, -0.2) is 4.79 Å². The molecule has 0 spiro atoms. The van der Waals surface area contributed by atoms with Crippen molar-refractivity contribution in [2.24, 2.45) is 0 Å². The van der Waals surface area contributed by atoms with Gasteiger partial charge in [-0.3, -0.25) is 4.79 Å². The Bertz CT molecular complexity index is 468. The third kappa shape index (κ3) is 4.84. The lowest BCUT2D eigenvalue weighted by Gasteiger charge is -2.06. The van der Waals surface area contributed by atoms with Gasteiger partial charge in [0.05, 0.1) is 18.7 Å². The van der Waals surface area contributed by atoms with Crippen molar-refractivity contribution in [2.45, 2.75) is 13.8 Å². The Balaban J connectivity index is 2.69. The topological polar surface area (TPSA) is 67.4 Å². The molecule has 0 saturated carbocycles. The smallest absolute Gasteiger partial charge is 0.341 e. The second kappa shape index (κ2) is 7.70. The molecular formula is C13H18N2O3S. The van der Waals surface area contributed by atoms with Crippen molar-refractivity contribution in [3.05, 3.63) is 29.2 Å². The SMILES string of the molecule is C=CCNCC(=O)Nc1sc(C)cc1C(=O)OCC. The minimum Gasteiger partial charge on any atom is -0.462 e. The van der Waals surface area contributed by atoms with Gasteiger partial charge < -0.3 is 15.4 Å². The maximum atomic E-state index is 11.7. The third-order valence-corrected chi connectivity index (χ3v) is 3.14. The van der Waals surface area contributed by atoms with Gasteiger partial charge in [0.25, 0.3) is 0 Å². The monoisotopic (exact) mass is 282 g/mol. The highest BCUT2D eigenvalue weighted by molar-refractivity contribution is 7.16. The molecule has 5 nitrogen and oxygen atoms in total. The van der Waals surface area contributed by atoms with Crippen molar-refractivity contribution in [1.29, 1.82) is 0 Å². The van der Waals surface area contributed by atoms with Gasteiger partial charge in [-0.15, -0.1) is 17.9 Å². The van der Waals surface area contributed by atoms with E-state index in [1.54, 1.807) is 19.1 Å². The number of aryl methyl sites for hydroxylation is 1. The number of esters is 1. The summed E-state index contributed by atoms with van der Waals surface area (Å²) in [6.45, 7) is 8.20. The Morgan fingerprint density at radius 3 is 2.89 bits per heavy atom. The lowest BCUT2D eigenvalue weighted by Crippen LogP contribution is -2.28. The average molecular weight is 282 g/mol. The van der Waals surface area contributed by atoms with Crippen LogP contribution in [-0.2, 0) is 9.53 Å². The number of hydrogen-bond donors (Lipinski definition) is 2. The first-order valence-corrected chi connectivity index (χ1v) is 6.79. The second-order valence-corrected chi connectivity index (χ2v) is 5.04. The lowest BCUT2D eigenvalue weighted by molar-refractivity contribution is -0.115. The highest BCUT2D eigenvalue weighted by atomic mass is 32.1. The van der Waals surface area contributed by atoms with Gasteiger partial charge in [-0.2, -0.15) is 0 Å². The number of nitrogens with one attached hydrogen (secondary N) is 2. The van der Waals surface area contributed by atoms with E-state index in [0.717, 1.165) is 4.88 Å². The predicted molar refractivity (Wildman–Crippen MR) is 76.7 cm³/mol. The second-order valence-electron chi connectivity index (χ2n) is 3.79. The van der Waals surface area contributed by atoms with E-state index >= 15 is 0 Å².